The van der Waals surface area contributed by atoms with E-state index in [2.05, 4.69) is 0 Å². The first-order valence-corrected chi connectivity index (χ1v) is 4.31. The molecule has 0 spiro atoms. The molecule has 84 valence electrons. The zero-order chi connectivity index (χ0) is 11.5. The Balaban J connectivity index is 3.16. The first-order chi connectivity index (χ1) is 7.13. The molecule has 0 aromatic carbocycles. The topological polar surface area (TPSA) is 54.0 Å². The number of rotatable bonds is 4. The van der Waals surface area contributed by atoms with Crippen molar-refractivity contribution in [2.45, 2.75) is 5.79 Å². The molecule has 0 unspecified atom stereocenters. The Hall–Kier alpha value is -1.33. The van der Waals surface area contributed by atoms with Crippen LogP contribution in [0.3, 0.4) is 0 Å². The van der Waals surface area contributed by atoms with E-state index in [1.807, 2.05) is 0 Å². The highest BCUT2D eigenvalue weighted by Crippen LogP contribution is 2.30. The average molecular weight is 214 g/mol. The van der Waals surface area contributed by atoms with Gasteiger partial charge in [0.05, 0.1) is 14.2 Å². The van der Waals surface area contributed by atoms with Crippen LogP contribution in [0, 0.1) is 0 Å². The van der Waals surface area contributed by atoms with Crippen LogP contribution in [0.5, 0.6) is 0 Å². The predicted molar refractivity (Wildman–Crippen MR) is 51.9 cm³/mol. The van der Waals surface area contributed by atoms with Crippen LogP contribution in [0.2, 0.25) is 0 Å². The lowest BCUT2D eigenvalue weighted by Crippen LogP contribution is -2.38. The van der Waals surface area contributed by atoms with Crippen LogP contribution in [0.15, 0.2) is 23.7 Å². The van der Waals surface area contributed by atoms with E-state index in [9.17, 15) is 4.79 Å². The van der Waals surface area contributed by atoms with Crippen LogP contribution in [0.4, 0.5) is 0 Å². The van der Waals surface area contributed by atoms with Crippen molar-refractivity contribution >= 4 is 5.78 Å². The third-order valence-corrected chi connectivity index (χ3v) is 2.22. The monoisotopic (exact) mass is 214 g/mol. The van der Waals surface area contributed by atoms with E-state index in [0.717, 1.165) is 0 Å². The van der Waals surface area contributed by atoms with Gasteiger partial charge >= 0.3 is 0 Å². The van der Waals surface area contributed by atoms with Crippen LogP contribution in [0.25, 0.3) is 0 Å². The average Bonchev–Trinajstić information content (AvgIpc) is 2.29. The third-order valence-electron chi connectivity index (χ3n) is 2.22. The molecule has 0 heterocycles. The molecule has 1 aliphatic rings. The summed E-state index contributed by atoms with van der Waals surface area (Å²) in [4.78, 5) is 11.5. The SMILES string of the molecule is COC1=CC(OC)(OC)C(OC)=CC1=O. The van der Waals surface area contributed by atoms with E-state index in [1.165, 1.54) is 40.6 Å². The van der Waals surface area contributed by atoms with Crippen molar-refractivity contribution in [3.05, 3.63) is 23.7 Å². The van der Waals surface area contributed by atoms with Crippen molar-refractivity contribution in [2.24, 2.45) is 0 Å². The molecular formula is C10H14O5. The van der Waals surface area contributed by atoms with Gasteiger partial charge in [0.25, 0.3) is 5.79 Å². The molecule has 1 aliphatic carbocycles. The second-order valence-corrected chi connectivity index (χ2v) is 2.87. The molecule has 0 amide bonds. The first-order valence-electron chi connectivity index (χ1n) is 4.31. The molecule has 0 aromatic heterocycles. The van der Waals surface area contributed by atoms with Gasteiger partial charge in [0.15, 0.2) is 11.5 Å². The van der Waals surface area contributed by atoms with Gasteiger partial charge in [-0.25, -0.2) is 0 Å². The van der Waals surface area contributed by atoms with E-state index in [4.69, 9.17) is 18.9 Å². The summed E-state index contributed by atoms with van der Waals surface area (Å²) in [5.41, 5.74) is 0. The lowest BCUT2D eigenvalue weighted by Gasteiger charge is -2.31. The summed E-state index contributed by atoms with van der Waals surface area (Å²) >= 11 is 0. The second kappa shape index (κ2) is 4.46. The Labute approximate surface area is 88.3 Å². The highest BCUT2D eigenvalue weighted by molar-refractivity contribution is 6.04. The Bertz CT molecular complexity index is 312. The molecule has 0 radical (unpaired) electrons. The summed E-state index contributed by atoms with van der Waals surface area (Å²) in [7, 11) is 5.76. The van der Waals surface area contributed by atoms with Crippen LogP contribution >= 0.6 is 0 Å². The van der Waals surface area contributed by atoms with E-state index in [-0.39, 0.29) is 11.5 Å². The molecule has 0 bridgehead atoms. The van der Waals surface area contributed by atoms with Crippen molar-refractivity contribution in [1.29, 1.82) is 0 Å². The summed E-state index contributed by atoms with van der Waals surface area (Å²) in [6, 6.07) is 0. The molecule has 0 atom stereocenters. The minimum absolute atomic E-state index is 0.166. The van der Waals surface area contributed by atoms with Gasteiger partial charge in [0.2, 0.25) is 5.78 Å². The maximum absolute atomic E-state index is 11.5. The van der Waals surface area contributed by atoms with Gasteiger partial charge in [-0.1, -0.05) is 0 Å². The fourth-order valence-electron chi connectivity index (χ4n) is 1.37. The molecule has 0 aromatic rings. The summed E-state index contributed by atoms with van der Waals surface area (Å²) in [6.45, 7) is 0. The molecule has 5 nitrogen and oxygen atoms in total. The minimum atomic E-state index is -1.19. The number of ketones is 1. The maximum atomic E-state index is 11.5. The Morgan fingerprint density at radius 3 is 2.07 bits per heavy atom. The van der Waals surface area contributed by atoms with E-state index < -0.39 is 5.79 Å². The van der Waals surface area contributed by atoms with Gasteiger partial charge in [-0.05, 0) is 0 Å². The van der Waals surface area contributed by atoms with Crippen LogP contribution < -0.4 is 0 Å². The molecule has 0 saturated heterocycles. The first kappa shape index (κ1) is 11.7. The summed E-state index contributed by atoms with van der Waals surface area (Å²) < 4.78 is 20.3. The number of hydrogen-bond acceptors (Lipinski definition) is 5. The van der Waals surface area contributed by atoms with Crippen molar-refractivity contribution in [2.75, 3.05) is 28.4 Å². The van der Waals surface area contributed by atoms with E-state index in [0.29, 0.717) is 5.76 Å². The number of allylic oxidation sites excluding steroid dienone is 1. The quantitative estimate of drug-likeness (QED) is 0.642. The van der Waals surface area contributed by atoms with Gasteiger partial charge in [-0.2, -0.15) is 0 Å². The van der Waals surface area contributed by atoms with Crippen LogP contribution in [-0.2, 0) is 23.7 Å². The Kier molecular flexibility index (Phi) is 3.49. The zero-order valence-electron chi connectivity index (χ0n) is 9.20. The van der Waals surface area contributed by atoms with Crippen LogP contribution in [-0.4, -0.2) is 40.0 Å². The van der Waals surface area contributed by atoms with Crippen molar-refractivity contribution in [3.63, 3.8) is 0 Å². The Morgan fingerprint density at radius 1 is 1.07 bits per heavy atom. The maximum Gasteiger partial charge on any atom is 0.251 e. The minimum Gasteiger partial charge on any atom is -0.495 e. The fourth-order valence-corrected chi connectivity index (χ4v) is 1.37. The number of methoxy groups -OCH3 is 4. The van der Waals surface area contributed by atoms with E-state index in [1.54, 1.807) is 0 Å². The van der Waals surface area contributed by atoms with Crippen molar-refractivity contribution in [3.8, 4) is 0 Å². The van der Waals surface area contributed by atoms with Crippen LogP contribution in [0.1, 0.15) is 0 Å². The molecular weight excluding hydrogens is 200 g/mol. The fraction of sp³-hybridized carbons (Fsp3) is 0.500. The lowest BCUT2D eigenvalue weighted by atomic mass is 10.0. The smallest absolute Gasteiger partial charge is 0.251 e. The largest absolute Gasteiger partial charge is 0.495 e. The van der Waals surface area contributed by atoms with Crippen molar-refractivity contribution in [1.82, 2.24) is 0 Å². The second-order valence-electron chi connectivity index (χ2n) is 2.87. The number of carbonyl (C=O) groups excluding carboxylic acids is 1. The Morgan fingerprint density at radius 2 is 1.67 bits per heavy atom. The van der Waals surface area contributed by atoms with Crippen molar-refractivity contribution < 1.29 is 23.7 Å². The van der Waals surface area contributed by atoms with Gasteiger partial charge in [-0.15, -0.1) is 0 Å². The van der Waals surface area contributed by atoms with E-state index >= 15 is 0 Å². The standard InChI is InChI=1S/C10H14O5/c1-12-8-6-10(14-3,15-4)9(13-2)5-7(8)11/h5-6H,1-4H3. The molecule has 1 rings (SSSR count). The number of hydrogen-bond donors (Lipinski definition) is 0. The highest BCUT2D eigenvalue weighted by Gasteiger charge is 2.39. The highest BCUT2D eigenvalue weighted by atomic mass is 16.7. The molecule has 0 fully saturated rings. The summed E-state index contributed by atoms with van der Waals surface area (Å²) in [6.07, 6.45) is 2.72. The molecule has 0 aliphatic heterocycles. The van der Waals surface area contributed by atoms with Gasteiger partial charge in [0.1, 0.15) is 0 Å². The number of ether oxygens (including phenoxy) is 4. The normalized spacial score (nSPS) is 19.3. The van der Waals surface area contributed by atoms with Gasteiger partial charge in [0, 0.05) is 26.4 Å². The van der Waals surface area contributed by atoms with Gasteiger partial charge in [-0.3, -0.25) is 4.79 Å². The lowest BCUT2D eigenvalue weighted by molar-refractivity contribution is -0.169. The third kappa shape index (κ3) is 1.88. The molecule has 0 N–H and O–H groups in total. The molecule has 15 heavy (non-hydrogen) atoms. The zero-order valence-corrected chi connectivity index (χ0v) is 9.20. The van der Waals surface area contributed by atoms with Gasteiger partial charge < -0.3 is 18.9 Å². The summed E-state index contributed by atoms with van der Waals surface area (Å²) in [5, 5.41) is 0. The molecule has 5 heteroatoms. The predicted octanol–water partition coefficient (Wildman–Crippen LogP) is 0.619. The number of carbonyl (C=O) groups is 1. The summed E-state index contributed by atoms with van der Waals surface area (Å²) in [5.74, 6) is -1.01. The molecule has 0 saturated carbocycles.